The Bertz CT molecular complexity index is 1150. The SMILES string of the molecule is Cc1ccc(-c2ccc(C(=O)O[C@@H](c3ccccc3)[C@@H](C)N(C)C(=O)C3CCC(C)CC3)cc2)cc1. The molecule has 188 valence electrons. The fourth-order valence-corrected chi connectivity index (χ4v) is 5.01. The molecule has 3 aromatic carbocycles. The van der Waals surface area contributed by atoms with E-state index in [2.05, 4.69) is 38.1 Å². The zero-order valence-corrected chi connectivity index (χ0v) is 21.8. The van der Waals surface area contributed by atoms with E-state index in [-0.39, 0.29) is 17.9 Å². The van der Waals surface area contributed by atoms with E-state index in [9.17, 15) is 9.59 Å². The van der Waals surface area contributed by atoms with Crippen LogP contribution in [-0.4, -0.2) is 29.9 Å². The maximum Gasteiger partial charge on any atom is 0.338 e. The van der Waals surface area contributed by atoms with E-state index in [4.69, 9.17) is 4.74 Å². The summed E-state index contributed by atoms with van der Waals surface area (Å²) in [5.74, 6) is 0.495. The Kier molecular flexibility index (Phi) is 8.25. The van der Waals surface area contributed by atoms with Crippen molar-refractivity contribution in [3.63, 3.8) is 0 Å². The maximum atomic E-state index is 13.3. The summed E-state index contributed by atoms with van der Waals surface area (Å²) in [5, 5.41) is 0. The highest BCUT2D eigenvalue weighted by Crippen LogP contribution is 2.32. The lowest BCUT2D eigenvalue weighted by Gasteiger charge is -2.35. The Morgan fingerprint density at radius 2 is 1.39 bits per heavy atom. The van der Waals surface area contributed by atoms with Gasteiger partial charge in [0.1, 0.15) is 6.10 Å². The highest BCUT2D eigenvalue weighted by atomic mass is 16.5. The zero-order chi connectivity index (χ0) is 25.7. The van der Waals surface area contributed by atoms with Gasteiger partial charge in [-0.25, -0.2) is 4.79 Å². The highest BCUT2D eigenvalue weighted by molar-refractivity contribution is 5.90. The molecule has 0 aliphatic heterocycles. The molecule has 1 aliphatic rings. The normalized spacial score (nSPS) is 19.2. The van der Waals surface area contributed by atoms with E-state index < -0.39 is 12.1 Å². The second-order valence-electron chi connectivity index (χ2n) is 10.3. The van der Waals surface area contributed by atoms with Gasteiger partial charge >= 0.3 is 5.97 Å². The Labute approximate surface area is 215 Å². The molecule has 2 atom stereocenters. The summed E-state index contributed by atoms with van der Waals surface area (Å²) < 4.78 is 6.09. The summed E-state index contributed by atoms with van der Waals surface area (Å²) in [7, 11) is 1.84. The summed E-state index contributed by atoms with van der Waals surface area (Å²) in [4.78, 5) is 28.3. The molecule has 1 amide bonds. The molecular formula is C32H37NO3. The standard InChI is InChI=1S/C32H37NO3/c1-22-10-14-25(15-11-22)26-18-20-29(21-19-26)32(35)36-30(27-8-6-5-7-9-27)24(3)33(4)31(34)28-16-12-23(2)13-17-28/h5-11,14-15,18-21,23-24,28,30H,12-13,16-17H2,1-4H3/t23?,24-,28?,30-/m1/s1. The highest BCUT2D eigenvalue weighted by Gasteiger charge is 2.33. The van der Waals surface area contributed by atoms with Crippen LogP contribution in [0.15, 0.2) is 78.9 Å². The van der Waals surface area contributed by atoms with E-state index in [1.807, 2.05) is 68.6 Å². The van der Waals surface area contributed by atoms with E-state index in [1.165, 1.54) is 5.56 Å². The summed E-state index contributed by atoms with van der Waals surface area (Å²) in [6, 6.07) is 25.2. The number of hydrogen-bond acceptors (Lipinski definition) is 3. The van der Waals surface area contributed by atoms with E-state index >= 15 is 0 Å². The van der Waals surface area contributed by atoms with Crippen LogP contribution in [0.25, 0.3) is 11.1 Å². The number of amides is 1. The number of hydrogen-bond donors (Lipinski definition) is 0. The minimum Gasteiger partial charge on any atom is -0.452 e. The molecule has 1 saturated carbocycles. The first kappa shape index (κ1) is 25.7. The summed E-state index contributed by atoms with van der Waals surface area (Å²) >= 11 is 0. The average molecular weight is 484 g/mol. The molecule has 0 aromatic heterocycles. The van der Waals surface area contributed by atoms with Crippen molar-refractivity contribution < 1.29 is 14.3 Å². The summed E-state index contributed by atoms with van der Waals surface area (Å²) in [5.41, 5.74) is 4.74. The quantitative estimate of drug-likeness (QED) is 0.333. The van der Waals surface area contributed by atoms with Gasteiger partial charge in [0.05, 0.1) is 11.6 Å². The molecule has 4 rings (SSSR count). The van der Waals surface area contributed by atoms with Crippen molar-refractivity contribution in [1.82, 2.24) is 4.90 Å². The molecule has 0 spiro atoms. The van der Waals surface area contributed by atoms with Crippen molar-refractivity contribution in [2.45, 2.75) is 58.6 Å². The predicted octanol–water partition coefficient (Wildman–Crippen LogP) is 7.23. The van der Waals surface area contributed by atoms with Gasteiger partial charge in [0.25, 0.3) is 0 Å². The molecule has 0 N–H and O–H groups in total. The van der Waals surface area contributed by atoms with Crippen LogP contribution in [0.1, 0.15) is 67.1 Å². The lowest BCUT2D eigenvalue weighted by molar-refractivity contribution is -0.139. The van der Waals surface area contributed by atoms with Gasteiger partial charge < -0.3 is 9.64 Å². The number of esters is 1. The average Bonchev–Trinajstić information content (AvgIpc) is 2.92. The van der Waals surface area contributed by atoms with Crippen molar-refractivity contribution >= 4 is 11.9 Å². The molecule has 36 heavy (non-hydrogen) atoms. The van der Waals surface area contributed by atoms with Gasteiger partial charge in [-0.15, -0.1) is 0 Å². The fraction of sp³-hybridized carbons (Fsp3) is 0.375. The van der Waals surface area contributed by atoms with E-state index in [0.717, 1.165) is 42.4 Å². The molecule has 3 aromatic rings. The third-order valence-corrected chi connectivity index (χ3v) is 7.63. The Balaban J connectivity index is 1.50. The van der Waals surface area contributed by atoms with Gasteiger partial charge in [-0.3, -0.25) is 4.79 Å². The largest absolute Gasteiger partial charge is 0.452 e. The third kappa shape index (κ3) is 6.04. The number of rotatable bonds is 7. The van der Waals surface area contributed by atoms with Crippen LogP contribution in [0, 0.1) is 18.8 Å². The van der Waals surface area contributed by atoms with Crippen LogP contribution < -0.4 is 0 Å². The number of nitrogens with zero attached hydrogens (tertiary/aromatic N) is 1. The van der Waals surface area contributed by atoms with Crippen LogP contribution in [-0.2, 0) is 9.53 Å². The molecule has 0 radical (unpaired) electrons. The molecular weight excluding hydrogens is 446 g/mol. The Morgan fingerprint density at radius 1 is 0.833 bits per heavy atom. The molecule has 0 bridgehead atoms. The molecule has 0 saturated heterocycles. The number of benzene rings is 3. The number of ether oxygens (including phenoxy) is 1. The molecule has 1 aliphatic carbocycles. The van der Waals surface area contributed by atoms with Gasteiger partial charge in [-0.05, 0) is 74.3 Å². The van der Waals surface area contributed by atoms with Gasteiger partial charge in [-0.1, -0.05) is 79.2 Å². The Morgan fingerprint density at radius 3 is 1.97 bits per heavy atom. The topological polar surface area (TPSA) is 46.6 Å². The van der Waals surface area contributed by atoms with Crippen molar-refractivity contribution in [3.05, 3.63) is 95.6 Å². The predicted molar refractivity (Wildman–Crippen MR) is 145 cm³/mol. The maximum absolute atomic E-state index is 13.3. The second-order valence-corrected chi connectivity index (χ2v) is 10.3. The van der Waals surface area contributed by atoms with Crippen LogP contribution in [0.3, 0.4) is 0 Å². The second kappa shape index (κ2) is 11.6. The monoisotopic (exact) mass is 483 g/mol. The zero-order valence-electron chi connectivity index (χ0n) is 21.8. The van der Waals surface area contributed by atoms with E-state index in [1.54, 1.807) is 4.90 Å². The van der Waals surface area contributed by atoms with Gasteiger partial charge in [0.15, 0.2) is 0 Å². The lowest BCUT2D eigenvalue weighted by atomic mass is 9.82. The van der Waals surface area contributed by atoms with Crippen molar-refractivity contribution in [3.8, 4) is 11.1 Å². The molecule has 4 nitrogen and oxygen atoms in total. The van der Waals surface area contributed by atoms with Gasteiger partial charge in [0.2, 0.25) is 5.91 Å². The van der Waals surface area contributed by atoms with Crippen molar-refractivity contribution in [2.24, 2.45) is 11.8 Å². The lowest BCUT2D eigenvalue weighted by Crippen LogP contribution is -2.44. The van der Waals surface area contributed by atoms with Gasteiger partial charge in [0, 0.05) is 13.0 Å². The number of likely N-dealkylation sites (N-methyl/N-ethyl adjacent to an activating group) is 1. The smallest absolute Gasteiger partial charge is 0.338 e. The van der Waals surface area contributed by atoms with Crippen LogP contribution in [0.5, 0.6) is 0 Å². The summed E-state index contributed by atoms with van der Waals surface area (Å²) in [6.45, 7) is 6.29. The first-order chi connectivity index (χ1) is 17.3. The Hall–Kier alpha value is -3.40. The van der Waals surface area contributed by atoms with Crippen LogP contribution >= 0.6 is 0 Å². The molecule has 0 heterocycles. The minimum atomic E-state index is -0.563. The van der Waals surface area contributed by atoms with Gasteiger partial charge in [-0.2, -0.15) is 0 Å². The first-order valence-electron chi connectivity index (χ1n) is 13.0. The number of carbonyl (C=O) groups is 2. The van der Waals surface area contributed by atoms with Crippen molar-refractivity contribution in [1.29, 1.82) is 0 Å². The number of aryl methyl sites for hydroxylation is 1. The van der Waals surface area contributed by atoms with Crippen LogP contribution in [0.2, 0.25) is 0 Å². The van der Waals surface area contributed by atoms with E-state index in [0.29, 0.717) is 11.5 Å². The number of carbonyl (C=O) groups excluding carboxylic acids is 2. The molecule has 1 fully saturated rings. The minimum absolute atomic E-state index is 0.0510. The molecule has 4 heteroatoms. The first-order valence-corrected chi connectivity index (χ1v) is 13.0. The van der Waals surface area contributed by atoms with Crippen LogP contribution in [0.4, 0.5) is 0 Å². The third-order valence-electron chi connectivity index (χ3n) is 7.63. The van der Waals surface area contributed by atoms with Crippen molar-refractivity contribution in [2.75, 3.05) is 7.05 Å². The molecule has 0 unspecified atom stereocenters. The fourth-order valence-electron chi connectivity index (χ4n) is 5.01. The summed E-state index contributed by atoms with van der Waals surface area (Å²) in [6.07, 6.45) is 3.48.